The molecule has 0 spiro atoms. The highest BCUT2D eigenvalue weighted by Crippen LogP contribution is 2.23. The Hall–Kier alpha value is -3.29. The monoisotopic (exact) mass is 313 g/mol. The van der Waals surface area contributed by atoms with Gasteiger partial charge in [-0.15, -0.1) is 5.10 Å². The van der Waals surface area contributed by atoms with E-state index in [1.807, 2.05) is 0 Å². The number of anilines is 1. The van der Waals surface area contributed by atoms with Gasteiger partial charge in [0.15, 0.2) is 0 Å². The fraction of sp³-hybridized carbons (Fsp3) is 0.0667. The number of hydrogen-bond acceptors (Lipinski definition) is 5. The Kier molecular flexibility index (Phi) is 3.96. The number of hydrogen-bond donors (Lipinski definition) is 1. The molecule has 0 radical (unpaired) electrons. The highest BCUT2D eigenvalue weighted by Gasteiger charge is 2.12. The number of rotatable bonds is 4. The van der Waals surface area contributed by atoms with Crippen LogP contribution in [0.5, 0.6) is 5.75 Å². The van der Waals surface area contributed by atoms with E-state index in [2.05, 4.69) is 20.8 Å². The van der Waals surface area contributed by atoms with E-state index in [1.54, 1.807) is 18.2 Å². The number of amides is 1. The van der Waals surface area contributed by atoms with Gasteiger partial charge in [-0.3, -0.25) is 4.79 Å². The first-order chi connectivity index (χ1) is 11.2. The standard InChI is InChI=1S/C15H12FN5O2/c1-23-14-8-10(2-7-13(14)21-9-17-19-20-21)15(22)18-12-5-3-11(16)4-6-12/h2-9H,1H3,(H,18,22). The van der Waals surface area contributed by atoms with E-state index < -0.39 is 0 Å². The minimum absolute atomic E-state index is 0.335. The average Bonchev–Trinajstić information content (AvgIpc) is 3.10. The summed E-state index contributed by atoms with van der Waals surface area (Å²) in [5, 5.41) is 13.6. The molecular formula is C15H12FN5O2. The van der Waals surface area contributed by atoms with Crippen LogP contribution in [0.2, 0.25) is 0 Å². The van der Waals surface area contributed by atoms with Gasteiger partial charge in [-0.25, -0.2) is 4.39 Å². The quantitative estimate of drug-likeness (QED) is 0.797. The number of halogens is 1. The van der Waals surface area contributed by atoms with Crippen LogP contribution >= 0.6 is 0 Å². The van der Waals surface area contributed by atoms with Crippen LogP contribution in [0.25, 0.3) is 5.69 Å². The fourth-order valence-electron chi connectivity index (χ4n) is 2.02. The Morgan fingerprint density at radius 3 is 2.65 bits per heavy atom. The van der Waals surface area contributed by atoms with E-state index in [4.69, 9.17) is 4.74 Å². The largest absolute Gasteiger partial charge is 0.494 e. The van der Waals surface area contributed by atoms with Gasteiger partial charge in [-0.05, 0) is 52.9 Å². The maximum atomic E-state index is 12.9. The first-order valence-corrected chi connectivity index (χ1v) is 6.65. The van der Waals surface area contributed by atoms with Gasteiger partial charge in [0.1, 0.15) is 23.6 Å². The number of aromatic nitrogens is 4. The van der Waals surface area contributed by atoms with Gasteiger partial charge in [0, 0.05) is 11.3 Å². The van der Waals surface area contributed by atoms with Gasteiger partial charge in [0.2, 0.25) is 0 Å². The van der Waals surface area contributed by atoms with Crippen LogP contribution in [0.4, 0.5) is 10.1 Å². The van der Waals surface area contributed by atoms with Crippen molar-refractivity contribution in [3.8, 4) is 11.4 Å². The lowest BCUT2D eigenvalue weighted by Gasteiger charge is -2.10. The number of nitrogens with zero attached hydrogens (tertiary/aromatic N) is 4. The Labute approximate surface area is 130 Å². The second-order valence-corrected chi connectivity index (χ2v) is 4.60. The van der Waals surface area contributed by atoms with Gasteiger partial charge < -0.3 is 10.1 Å². The van der Waals surface area contributed by atoms with Crippen molar-refractivity contribution in [3.05, 3.63) is 60.2 Å². The van der Waals surface area contributed by atoms with Gasteiger partial charge in [0.25, 0.3) is 5.91 Å². The van der Waals surface area contributed by atoms with E-state index in [0.29, 0.717) is 22.7 Å². The highest BCUT2D eigenvalue weighted by molar-refractivity contribution is 6.04. The number of benzene rings is 2. The lowest BCUT2D eigenvalue weighted by atomic mass is 10.1. The summed E-state index contributed by atoms with van der Waals surface area (Å²) in [5.41, 5.74) is 1.50. The van der Waals surface area contributed by atoms with Crippen molar-refractivity contribution >= 4 is 11.6 Å². The number of carbonyl (C=O) groups is 1. The Balaban J connectivity index is 1.85. The SMILES string of the molecule is COc1cc(C(=O)Nc2ccc(F)cc2)ccc1-n1cnnn1. The number of carbonyl (C=O) groups excluding carboxylic acids is 1. The Bertz CT molecular complexity index is 818. The van der Waals surface area contributed by atoms with Gasteiger partial charge in [0.05, 0.1) is 7.11 Å². The molecule has 3 rings (SSSR count). The summed E-state index contributed by atoms with van der Waals surface area (Å²) >= 11 is 0. The minimum Gasteiger partial charge on any atom is -0.494 e. The van der Waals surface area contributed by atoms with Crippen molar-refractivity contribution in [2.45, 2.75) is 0 Å². The molecule has 7 nitrogen and oxygen atoms in total. The zero-order valence-corrected chi connectivity index (χ0v) is 12.1. The molecule has 1 amide bonds. The lowest BCUT2D eigenvalue weighted by Crippen LogP contribution is -2.12. The molecule has 0 saturated carbocycles. The second-order valence-electron chi connectivity index (χ2n) is 4.60. The second kappa shape index (κ2) is 6.22. The molecule has 1 aromatic heterocycles. The first-order valence-electron chi connectivity index (χ1n) is 6.65. The van der Waals surface area contributed by atoms with Crippen LogP contribution in [-0.2, 0) is 0 Å². The smallest absolute Gasteiger partial charge is 0.255 e. The van der Waals surface area contributed by atoms with Crippen molar-refractivity contribution in [2.24, 2.45) is 0 Å². The Morgan fingerprint density at radius 1 is 1.22 bits per heavy atom. The molecule has 0 unspecified atom stereocenters. The van der Waals surface area contributed by atoms with Crippen LogP contribution in [0.1, 0.15) is 10.4 Å². The van der Waals surface area contributed by atoms with Gasteiger partial charge in [-0.1, -0.05) is 0 Å². The molecule has 23 heavy (non-hydrogen) atoms. The molecule has 2 aromatic carbocycles. The molecule has 3 aromatic rings. The van der Waals surface area contributed by atoms with E-state index in [9.17, 15) is 9.18 Å². The molecule has 0 bridgehead atoms. The molecule has 0 saturated heterocycles. The molecule has 1 N–H and O–H groups in total. The van der Waals surface area contributed by atoms with E-state index in [0.717, 1.165) is 0 Å². The van der Waals surface area contributed by atoms with Gasteiger partial charge in [-0.2, -0.15) is 4.68 Å². The fourth-order valence-corrected chi connectivity index (χ4v) is 2.02. The normalized spacial score (nSPS) is 10.3. The molecular weight excluding hydrogens is 301 g/mol. The summed E-state index contributed by atoms with van der Waals surface area (Å²) in [7, 11) is 1.49. The van der Waals surface area contributed by atoms with Crippen molar-refractivity contribution < 1.29 is 13.9 Å². The van der Waals surface area contributed by atoms with E-state index in [1.165, 1.54) is 42.4 Å². The molecule has 8 heteroatoms. The maximum Gasteiger partial charge on any atom is 0.255 e. The first kappa shape index (κ1) is 14.6. The van der Waals surface area contributed by atoms with Crippen LogP contribution in [0, 0.1) is 5.82 Å². The number of ether oxygens (including phenoxy) is 1. The molecule has 1 heterocycles. The van der Waals surface area contributed by atoms with Crippen molar-refractivity contribution in [2.75, 3.05) is 12.4 Å². The van der Waals surface area contributed by atoms with Crippen LogP contribution in [0.3, 0.4) is 0 Å². The summed E-state index contributed by atoms with van der Waals surface area (Å²) in [4.78, 5) is 12.3. The van der Waals surface area contributed by atoms with Crippen LogP contribution in [0.15, 0.2) is 48.8 Å². The molecule has 0 aliphatic heterocycles. The lowest BCUT2D eigenvalue weighted by molar-refractivity contribution is 0.102. The molecule has 0 fully saturated rings. The van der Waals surface area contributed by atoms with Crippen molar-refractivity contribution in [1.29, 1.82) is 0 Å². The van der Waals surface area contributed by atoms with E-state index in [-0.39, 0.29) is 11.7 Å². The Morgan fingerprint density at radius 2 is 2.00 bits per heavy atom. The summed E-state index contributed by atoms with van der Waals surface area (Å²) in [6, 6.07) is 10.4. The summed E-state index contributed by atoms with van der Waals surface area (Å²) in [6.07, 6.45) is 1.43. The van der Waals surface area contributed by atoms with Crippen LogP contribution in [-0.4, -0.2) is 33.2 Å². The molecule has 116 valence electrons. The van der Waals surface area contributed by atoms with Gasteiger partial charge >= 0.3 is 0 Å². The molecule has 0 aliphatic carbocycles. The zero-order chi connectivity index (χ0) is 16.2. The van der Waals surface area contributed by atoms with Crippen molar-refractivity contribution in [3.63, 3.8) is 0 Å². The third kappa shape index (κ3) is 3.15. The summed E-state index contributed by atoms with van der Waals surface area (Å²) in [6.45, 7) is 0. The summed E-state index contributed by atoms with van der Waals surface area (Å²) in [5.74, 6) is -0.252. The third-order valence-electron chi connectivity index (χ3n) is 3.14. The minimum atomic E-state index is -0.365. The van der Waals surface area contributed by atoms with Crippen LogP contribution < -0.4 is 10.1 Å². The average molecular weight is 313 g/mol. The number of tetrazole rings is 1. The molecule has 0 atom stereocenters. The topological polar surface area (TPSA) is 81.9 Å². The predicted octanol–water partition coefficient (Wildman–Crippen LogP) is 2.06. The maximum absolute atomic E-state index is 12.9. The zero-order valence-electron chi connectivity index (χ0n) is 12.1. The number of nitrogens with one attached hydrogen (secondary N) is 1. The third-order valence-corrected chi connectivity index (χ3v) is 3.14. The predicted molar refractivity (Wildman–Crippen MR) is 80.1 cm³/mol. The highest BCUT2D eigenvalue weighted by atomic mass is 19.1. The van der Waals surface area contributed by atoms with Crippen molar-refractivity contribution in [1.82, 2.24) is 20.2 Å². The molecule has 0 aliphatic rings. The number of methoxy groups -OCH3 is 1. The summed E-state index contributed by atoms with van der Waals surface area (Å²) < 4.78 is 19.6. The van der Waals surface area contributed by atoms with E-state index >= 15 is 0 Å².